The molecule has 1 aromatic rings. The van der Waals surface area contributed by atoms with Gasteiger partial charge in [0.2, 0.25) is 0 Å². The molecule has 0 aliphatic rings. The van der Waals surface area contributed by atoms with E-state index in [0.29, 0.717) is 12.4 Å². The van der Waals surface area contributed by atoms with Crippen molar-refractivity contribution in [1.29, 1.82) is 0 Å². The zero-order valence-corrected chi connectivity index (χ0v) is 10.8. The second-order valence-corrected chi connectivity index (χ2v) is 4.15. The Morgan fingerprint density at radius 1 is 1.35 bits per heavy atom. The van der Waals surface area contributed by atoms with Crippen LogP contribution in [0.25, 0.3) is 0 Å². The topological polar surface area (TPSA) is 58.7 Å². The summed E-state index contributed by atoms with van der Waals surface area (Å²) in [6, 6.07) is 5.76. The van der Waals surface area contributed by atoms with Crippen molar-refractivity contribution in [2.75, 3.05) is 24.6 Å². The first-order chi connectivity index (χ1) is 8.13. The Morgan fingerprint density at radius 2 is 2.00 bits per heavy atom. The van der Waals surface area contributed by atoms with E-state index in [9.17, 15) is 5.11 Å². The van der Waals surface area contributed by atoms with E-state index in [0.717, 1.165) is 24.3 Å². The highest BCUT2D eigenvalue weighted by Crippen LogP contribution is 2.30. The van der Waals surface area contributed by atoms with Crippen LogP contribution in [-0.2, 0) is 4.84 Å². The summed E-state index contributed by atoms with van der Waals surface area (Å²) in [5, 5.41) is 10.0. The molecule has 3 N–H and O–H groups in total. The third-order valence-electron chi connectivity index (χ3n) is 3.02. The Labute approximate surface area is 103 Å². The molecule has 0 amide bonds. The molecule has 1 atom stereocenters. The molecule has 1 aromatic carbocycles. The van der Waals surface area contributed by atoms with Crippen LogP contribution in [0.5, 0.6) is 5.75 Å². The van der Waals surface area contributed by atoms with Crippen LogP contribution < -0.4 is 10.8 Å². The monoisotopic (exact) mass is 238 g/mol. The lowest BCUT2D eigenvalue weighted by Crippen LogP contribution is -2.21. The Morgan fingerprint density at radius 3 is 2.47 bits per heavy atom. The van der Waals surface area contributed by atoms with Crippen LogP contribution in [0.15, 0.2) is 18.2 Å². The molecule has 0 saturated heterocycles. The smallest absolute Gasteiger partial charge is 0.121 e. The molecule has 4 nitrogen and oxygen atoms in total. The molecule has 0 heterocycles. The molecule has 4 heteroatoms. The van der Waals surface area contributed by atoms with Gasteiger partial charge in [-0.25, -0.2) is 5.90 Å². The van der Waals surface area contributed by atoms with Crippen molar-refractivity contribution in [2.24, 2.45) is 5.90 Å². The van der Waals surface area contributed by atoms with Gasteiger partial charge in [-0.1, -0.05) is 13.0 Å². The van der Waals surface area contributed by atoms with E-state index in [1.165, 1.54) is 0 Å². The molecule has 0 saturated carbocycles. The van der Waals surface area contributed by atoms with Gasteiger partial charge >= 0.3 is 0 Å². The molecule has 0 aliphatic carbocycles. The van der Waals surface area contributed by atoms with Crippen molar-refractivity contribution in [3.05, 3.63) is 23.8 Å². The zero-order chi connectivity index (χ0) is 12.8. The van der Waals surface area contributed by atoms with Crippen molar-refractivity contribution in [1.82, 2.24) is 0 Å². The molecule has 0 bridgehead atoms. The maximum atomic E-state index is 10.0. The first-order valence-corrected chi connectivity index (χ1v) is 6.03. The number of nitrogens with two attached hydrogens (primary N) is 1. The van der Waals surface area contributed by atoms with Gasteiger partial charge in [-0.3, -0.25) is 0 Å². The van der Waals surface area contributed by atoms with Crippen LogP contribution in [0, 0.1) is 0 Å². The van der Waals surface area contributed by atoms with Gasteiger partial charge < -0.3 is 14.8 Å². The van der Waals surface area contributed by atoms with E-state index < -0.39 is 0 Å². The van der Waals surface area contributed by atoms with Gasteiger partial charge in [0.05, 0.1) is 6.61 Å². The van der Waals surface area contributed by atoms with Gasteiger partial charge in [-0.2, -0.15) is 0 Å². The van der Waals surface area contributed by atoms with E-state index in [4.69, 9.17) is 5.90 Å². The minimum Gasteiger partial charge on any atom is -0.508 e. The van der Waals surface area contributed by atoms with Crippen LogP contribution in [0.2, 0.25) is 0 Å². The number of phenolic OH excluding ortho intramolecular Hbond substituents is 1. The van der Waals surface area contributed by atoms with Crippen molar-refractivity contribution in [3.63, 3.8) is 0 Å². The predicted octanol–water partition coefficient (Wildman–Crippen LogP) is 2.23. The number of hydrogen-bond donors (Lipinski definition) is 2. The van der Waals surface area contributed by atoms with Crippen LogP contribution >= 0.6 is 0 Å². The Bertz CT molecular complexity index is 351. The maximum absolute atomic E-state index is 10.0. The van der Waals surface area contributed by atoms with E-state index in [-0.39, 0.29) is 5.92 Å². The zero-order valence-electron chi connectivity index (χ0n) is 10.8. The summed E-state index contributed by atoms with van der Waals surface area (Å²) in [7, 11) is 0. The lowest BCUT2D eigenvalue weighted by atomic mass is 10.0. The predicted molar refractivity (Wildman–Crippen MR) is 70.2 cm³/mol. The van der Waals surface area contributed by atoms with Crippen molar-refractivity contribution in [2.45, 2.75) is 26.7 Å². The standard InChI is InChI=1S/C13H22N2O2/c1-4-15(5-2)11-6-7-12(13(16)8-11)10(3)9-17-14/h6-8,10,16H,4-5,9,14H2,1-3H3. The summed E-state index contributed by atoms with van der Waals surface area (Å²) in [6.45, 7) is 8.42. The average molecular weight is 238 g/mol. The molecule has 1 unspecified atom stereocenters. The molecular weight excluding hydrogens is 216 g/mol. The fourth-order valence-electron chi connectivity index (χ4n) is 1.97. The van der Waals surface area contributed by atoms with Crippen molar-refractivity contribution < 1.29 is 9.94 Å². The molecule has 0 aliphatic heterocycles. The molecule has 1 rings (SSSR count). The van der Waals surface area contributed by atoms with E-state index in [1.54, 1.807) is 6.07 Å². The Kier molecular flexibility index (Phi) is 5.25. The Balaban J connectivity index is 2.92. The fourth-order valence-corrected chi connectivity index (χ4v) is 1.97. The number of phenols is 1. The molecule has 0 fully saturated rings. The summed E-state index contributed by atoms with van der Waals surface area (Å²) in [5.74, 6) is 5.44. The Hall–Kier alpha value is -1.26. The highest BCUT2D eigenvalue weighted by atomic mass is 16.6. The van der Waals surface area contributed by atoms with Crippen molar-refractivity contribution >= 4 is 5.69 Å². The largest absolute Gasteiger partial charge is 0.508 e. The summed E-state index contributed by atoms with van der Waals surface area (Å²) < 4.78 is 0. The number of rotatable bonds is 6. The van der Waals surface area contributed by atoms with Gasteiger partial charge in [-0.15, -0.1) is 0 Å². The number of benzene rings is 1. The van der Waals surface area contributed by atoms with Gasteiger partial charge in [0.25, 0.3) is 0 Å². The minimum atomic E-state index is 0.0887. The highest BCUT2D eigenvalue weighted by molar-refractivity contribution is 5.54. The molecule has 17 heavy (non-hydrogen) atoms. The minimum absolute atomic E-state index is 0.0887. The van der Waals surface area contributed by atoms with Crippen LogP contribution in [0.1, 0.15) is 32.3 Å². The molecular formula is C13H22N2O2. The van der Waals surface area contributed by atoms with Gasteiger partial charge in [0.1, 0.15) is 5.75 Å². The number of aromatic hydroxyl groups is 1. The lowest BCUT2D eigenvalue weighted by Gasteiger charge is -2.22. The summed E-state index contributed by atoms with van der Waals surface area (Å²) in [4.78, 5) is 6.80. The van der Waals surface area contributed by atoms with E-state index >= 15 is 0 Å². The molecule has 0 spiro atoms. The highest BCUT2D eigenvalue weighted by Gasteiger charge is 2.12. The maximum Gasteiger partial charge on any atom is 0.121 e. The number of anilines is 1. The second kappa shape index (κ2) is 6.47. The van der Waals surface area contributed by atoms with E-state index in [1.807, 2.05) is 19.1 Å². The SMILES string of the molecule is CCN(CC)c1ccc(C(C)CON)c(O)c1. The van der Waals surface area contributed by atoms with Crippen LogP contribution in [0.4, 0.5) is 5.69 Å². The van der Waals surface area contributed by atoms with Gasteiger partial charge in [0, 0.05) is 30.8 Å². The summed E-state index contributed by atoms with van der Waals surface area (Å²) in [5.41, 5.74) is 1.91. The number of nitrogens with zero attached hydrogens (tertiary/aromatic N) is 1. The first-order valence-electron chi connectivity index (χ1n) is 6.03. The fraction of sp³-hybridized carbons (Fsp3) is 0.538. The lowest BCUT2D eigenvalue weighted by molar-refractivity contribution is 0.126. The normalized spacial score (nSPS) is 12.5. The third kappa shape index (κ3) is 3.35. The third-order valence-corrected chi connectivity index (χ3v) is 3.02. The van der Waals surface area contributed by atoms with Gasteiger partial charge in [0.15, 0.2) is 0 Å². The molecule has 0 aromatic heterocycles. The van der Waals surface area contributed by atoms with Crippen LogP contribution in [0.3, 0.4) is 0 Å². The van der Waals surface area contributed by atoms with Crippen LogP contribution in [-0.4, -0.2) is 24.8 Å². The average Bonchev–Trinajstić information content (AvgIpc) is 2.31. The summed E-state index contributed by atoms with van der Waals surface area (Å²) >= 11 is 0. The number of hydrogen-bond acceptors (Lipinski definition) is 4. The van der Waals surface area contributed by atoms with E-state index in [2.05, 4.69) is 23.6 Å². The second-order valence-electron chi connectivity index (χ2n) is 4.15. The first kappa shape index (κ1) is 13.8. The molecule has 0 radical (unpaired) electrons. The van der Waals surface area contributed by atoms with Crippen molar-refractivity contribution in [3.8, 4) is 5.75 Å². The summed E-state index contributed by atoms with van der Waals surface area (Å²) in [6.07, 6.45) is 0. The quantitative estimate of drug-likeness (QED) is 0.746. The molecule has 96 valence electrons. The van der Waals surface area contributed by atoms with Gasteiger partial charge in [-0.05, 0) is 25.5 Å².